The third-order valence-electron chi connectivity index (χ3n) is 1.83. The highest BCUT2D eigenvalue weighted by molar-refractivity contribution is 4.85. The molecule has 1 fully saturated rings. The Kier molecular flexibility index (Phi) is 2.31. The molecule has 72 valence electrons. The van der Waals surface area contributed by atoms with Crippen molar-refractivity contribution >= 4 is 0 Å². The zero-order chi connectivity index (χ0) is 9.41. The third-order valence-corrected chi connectivity index (χ3v) is 1.83. The van der Waals surface area contributed by atoms with Crippen molar-refractivity contribution in [1.82, 2.24) is 5.12 Å². The molecule has 0 aromatic rings. The minimum absolute atomic E-state index is 0.365. The maximum atomic E-state index is 13.1. The average molecular weight is 187 g/mol. The molecule has 1 saturated heterocycles. The SMILES string of the molecule is CCC1(F)OCCN(F)C1(F)F. The Morgan fingerprint density at radius 2 is 2.00 bits per heavy atom. The minimum Gasteiger partial charge on any atom is -0.339 e. The zero-order valence-electron chi connectivity index (χ0n) is 6.49. The van der Waals surface area contributed by atoms with Crippen LogP contribution in [0.25, 0.3) is 0 Å². The largest absolute Gasteiger partial charge is 0.387 e. The summed E-state index contributed by atoms with van der Waals surface area (Å²) in [6.07, 6.45) is -0.583. The number of morpholine rings is 1. The maximum Gasteiger partial charge on any atom is 0.387 e. The average Bonchev–Trinajstić information content (AvgIpc) is 2.01. The van der Waals surface area contributed by atoms with E-state index in [1.807, 2.05) is 0 Å². The Labute approximate surface area is 67.0 Å². The van der Waals surface area contributed by atoms with E-state index in [-0.39, 0.29) is 6.61 Å². The van der Waals surface area contributed by atoms with E-state index in [1.165, 1.54) is 6.92 Å². The Balaban J connectivity index is 2.86. The molecule has 0 spiro atoms. The second-order valence-electron chi connectivity index (χ2n) is 2.56. The van der Waals surface area contributed by atoms with Gasteiger partial charge in [0, 0.05) is 6.42 Å². The number of rotatable bonds is 1. The molecule has 0 saturated carbocycles. The van der Waals surface area contributed by atoms with Crippen molar-refractivity contribution in [3.05, 3.63) is 0 Å². The zero-order valence-corrected chi connectivity index (χ0v) is 6.49. The van der Waals surface area contributed by atoms with Gasteiger partial charge in [-0.2, -0.15) is 8.78 Å². The molecule has 1 rings (SSSR count). The second-order valence-corrected chi connectivity index (χ2v) is 2.56. The van der Waals surface area contributed by atoms with Crippen molar-refractivity contribution in [3.63, 3.8) is 0 Å². The summed E-state index contributed by atoms with van der Waals surface area (Å²) in [5.74, 6) is -3.19. The normalized spacial score (nSPS) is 36.8. The molecule has 0 bridgehead atoms. The van der Waals surface area contributed by atoms with Crippen LogP contribution in [-0.4, -0.2) is 30.2 Å². The number of halogens is 4. The minimum atomic E-state index is -4.18. The van der Waals surface area contributed by atoms with E-state index >= 15 is 0 Å². The molecule has 1 atom stereocenters. The molecular formula is C6H9F4NO. The molecule has 0 N–H and O–H groups in total. The monoisotopic (exact) mass is 187 g/mol. The van der Waals surface area contributed by atoms with E-state index in [4.69, 9.17) is 0 Å². The Bertz CT molecular complexity index is 174. The summed E-state index contributed by atoms with van der Waals surface area (Å²) in [6, 6.07) is -4.18. The maximum absolute atomic E-state index is 13.1. The molecule has 0 radical (unpaired) electrons. The molecule has 1 aliphatic rings. The molecule has 1 heterocycles. The number of nitrogens with zero attached hydrogens (tertiary/aromatic N) is 1. The molecule has 6 heteroatoms. The molecule has 0 aromatic heterocycles. The van der Waals surface area contributed by atoms with Gasteiger partial charge in [-0.15, -0.1) is 4.48 Å². The Hall–Kier alpha value is -0.360. The summed E-state index contributed by atoms with van der Waals surface area (Å²) < 4.78 is 55.1. The number of alkyl halides is 3. The van der Waals surface area contributed by atoms with Gasteiger partial charge in [0.05, 0.1) is 13.2 Å². The lowest BCUT2D eigenvalue weighted by Crippen LogP contribution is -2.59. The fourth-order valence-electron chi connectivity index (χ4n) is 1.01. The molecular weight excluding hydrogens is 178 g/mol. The molecule has 0 aromatic carbocycles. The first-order valence-electron chi connectivity index (χ1n) is 3.58. The van der Waals surface area contributed by atoms with Gasteiger partial charge >= 0.3 is 6.05 Å². The predicted octanol–water partition coefficient (Wildman–Crippen LogP) is 1.87. The predicted molar refractivity (Wildman–Crippen MR) is 32.8 cm³/mol. The summed E-state index contributed by atoms with van der Waals surface area (Å²) in [5, 5.41) is -0.819. The van der Waals surface area contributed by atoms with E-state index < -0.39 is 30.0 Å². The lowest BCUT2D eigenvalue weighted by atomic mass is 10.1. The first kappa shape index (κ1) is 9.73. The summed E-state index contributed by atoms with van der Waals surface area (Å²) in [4.78, 5) is 0. The molecule has 2 nitrogen and oxygen atoms in total. The first-order chi connectivity index (χ1) is 5.44. The lowest BCUT2D eigenvalue weighted by Gasteiger charge is -2.39. The van der Waals surface area contributed by atoms with Gasteiger partial charge in [-0.05, 0) is 0 Å². The van der Waals surface area contributed by atoms with Crippen LogP contribution >= 0.6 is 0 Å². The van der Waals surface area contributed by atoms with Crippen molar-refractivity contribution in [2.45, 2.75) is 25.2 Å². The smallest absolute Gasteiger partial charge is 0.339 e. The number of hydrogen-bond acceptors (Lipinski definition) is 2. The third kappa shape index (κ3) is 1.19. The lowest BCUT2D eigenvalue weighted by molar-refractivity contribution is -0.400. The van der Waals surface area contributed by atoms with Gasteiger partial charge in [0.1, 0.15) is 0 Å². The standard InChI is InChI=1S/C6H9F4NO/c1-2-5(7)6(8,9)11(10)3-4-12-5/h2-4H2,1H3. The highest BCUT2D eigenvalue weighted by atomic mass is 19.3. The first-order valence-corrected chi connectivity index (χ1v) is 3.58. The molecule has 12 heavy (non-hydrogen) atoms. The van der Waals surface area contributed by atoms with Gasteiger partial charge < -0.3 is 4.74 Å². The molecule has 1 unspecified atom stereocenters. The summed E-state index contributed by atoms with van der Waals surface area (Å²) >= 11 is 0. The van der Waals surface area contributed by atoms with E-state index in [1.54, 1.807) is 0 Å². The number of ether oxygens (including phenoxy) is 1. The molecule has 1 aliphatic heterocycles. The second kappa shape index (κ2) is 2.85. The van der Waals surface area contributed by atoms with Gasteiger partial charge in [0.25, 0.3) is 5.85 Å². The van der Waals surface area contributed by atoms with E-state index in [0.717, 1.165) is 0 Å². The van der Waals surface area contributed by atoms with Crippen LogP contribution in [0.2, 0.25) is 0 Å². The number of hydrogen-bond donors (Lipinski definition) is 0. The van der Waals surface area contributed by atoms with Crippen LogP contribution in [0.5, 0.6) is 0 Å². The highest BCUT2D eigenvalue weighted by Gasteiger charge is 2.62. The van der Waals surface area contributed by atoms with Crippen LogP contribution in [0.1, 0.15) is 13.3 Å². The van der Waals surface area contributed by atoms with Gasteiger partial charge in [-0.1, -0.05) is 12.0 Å². The summed E-state index contributed by atoms with van der Waals surface area (Å²) in [6.45, 7) is 0.197. The van der Waals surface area contributed by atoms with E-state index in [9.17, 15) is 17.7 Å². The molecule has 0 aliphatic carbocycles. The van der Waals surface area contributed by atoms with Crippen LogP contribution in [0.4, 0.5) is 17.7 Å². The van der Waals surface area contributed by atoms with Crippen molar-refractivity contribution in [3.8, 4) is 0 Å². The van der Waals surface area contributed by atoms with Crippen molar-refractivity contribution < 1.29 is 22.4 Å². The van der Waals surface area contributed by atoms with Gasteiger partial charge in [-0.25, -0.2) is 4.39 Å². The van der Waals surface area contributed by atoms with Crippen molar-refractivity contribution in [2.75, 3.05) is 13.2 Å². The Morgan fingerprint density at radius 3 is 2.42 bits per heavy atom. The Morgan fingerprint density at radius 1 is 1.42 bits per heavy atom. The van der Waals surface area contributed by atoms with Crippen molar-refractivity contribution in [2.24, 2.45) is 0 Å². The van der Waals surface area contributed by atoms with Gasteiger partial charge in [0.15, 0.2) is 0 Å². The van der Waals surface area contributed by atoms with Crippen LogP contribution in [0, 0.1) is 0 Å². The van der Waals surface area contributed by atoms with E-state index in [2.05, 4.69) is 4.74 Å². The fraction of sp³-hybridized carbons (Fsp3) is 1.00. The van der Waals surface area contributed by atoms with Gasteiger partial charge in [-0.3, -0.25) is 0 Å². The van der Waals surface area contributed by atoms with Crippen LogP contribution in [-0.2, 0) is 4.74 Å². The summed E-state index contributed by atoms with van der Waals surface area (Å²) in [5.41, 5.74) is 0. The van der Waals surface area contributed by atoms with Crippen LogP contribution in [0.15, 0.2) is 0 Å². The van der Waals surface area contributed by atoms with Crippen molar-refractivity contribution in [1.29, 1.82) is 0 Å². The van der Waals surface area contributed by atoms with Crippen LogP contribution < -0.4 is 0 Å². The topological polar surface area (TPSA) is 12.5 Å². The highest BCUT2D eigenvalue weighted by Crippen LogP contribution is 2.41. The van der Waals surface area contributed by atoms with E-state index in [0.29, 0.717) is 0 Å². The van der Waals surface area contributed by atoms with Crippen LogP contribution in [0.3, 0.4) is 0 Å². The molecule has 0 amide bonds. The van der Waals surface area contributed by atoms with Gasteiger partial charge in [0.2, 0.25) is 0 Å². The fourth-order valence-corrected chi connectivity index (χ4v) is 1.01. The summed E-state index contributed by atoms with van der Waals surface area (Å²) in [7, 11) is 0. The quantitative estimate of drug-likeness (QED) is 0.353.